The number of para-hydroxylation sites is 1. The highest BCUT2D eigenvalue weighted by molar-refractivity contribution is 6.02. The zero-order valence-corrected chi connectivity index (χ0v) is 12.5. The standard InChI is InChI=1S/C16H20N2O3/c1-4-9-18-12-8-6-5-7-11(12)14(19)13(16(18)21)15(20)17-10(2)3/h5-8,10,19H,4,9H2,1-3H3,(H,17,20). The smallest absolute Gasteiger partial charge is 0.267 e. The summed E-state index contributed by atoms with van der Waals surface area (Å²) < 4.78 is 1.55. The Morgan fingerprint density at radius 2 is 2.00 bits per heavy atom. The van der Waals surface area contributed by atoms with Crippen LogP contribution in [-0.4, -0.2) is 21.6 Å². The normalized spacial score (nSPS) is 11.0. The van der Waals surface area contributed by atoms with E-state index in [1.807, 2.05) is 6.92 Å². The number of nitrogens with one attached hydrogen (secondary N) is 1. The van der Waals surface area contributed by atoms with Gasteiger partial charge in [-0.3, -0.25) is 9.59 Å². The molecular weight excluding hydrogens is 268 g/mol. The molecule has 0 aliphatic heterocycles. The number of aromatic hydroxyl groups is 1. The van der Waals surface area contributed by atoms with E-state index in [-0.39, 0.29) is 17.4 Å². The van der Waals surface area contributed by atoms with Gasteiger partial charge >= 0.3 is 0 Å². The van der Waals surface area contributed by atoms with E-state index in [0.717, 1.165) is 6.42 Å². The summed E-state index contributed by atoms with van der Waals surface area (Å²) in [6.07, 6.45) is 0.764. The number of rotatable bonds is 4. The van der Waals surface area contributed by atoms with Crippen LogP contribution < -0.4 is 10.9 Å². The molecule has 0 radical (unpaired) electrons. The van der Waals surface area contributed by atoms with Gasteiger partial charge in [0.15, 0.2) is 0 Å². The fourth-order valence-corrected chi connectivity index (χ4v) is 2.37. The molecular formula is C16H20N2O3. The number of fused-ring (bicyclic) bond motifs is 1. The summed E-state index contributed by atoms with van der Waals surface area (Å²) in [5.41, 5.74) is 0.00463. The number of pyridine rings is 1. The molecule has 2 aromatic rings. The minimum atomic E-state index is -0.539. The molecule has 1 heterocycles. The lowest BCUT2D eigenvalue weighted by Crippen LogP contribution is -2.36. The Hall–Kier alpha value is -2.30. The van der Waals surface area contributed by atoms with E-state index in [9.17, 15) is 14.7 Å². The Morgan fingerprint density at radius 1 is 1.33 bits per heavy atom. The monoisotopic (exact) mass is 288 g/mol. The van der Waals surface area contributed by atoms with Gasteiger partial charge in [0, 0.05) is 18.0 Å². The highest BCUT2D eigenvalue weighted by Gasteiger charge is 2.22. The van der Waals surface area contributed by atoms with Crippen molar-refractivity contribution in [1.29, 1.82) is 0 Å². The molecule has 0 atom stereocenters. The number of carbonyl (C=O) groups excluding carboxylic acids is 1. The van der Waals surface area contributed by atoms with Crippen molar-refractivity contribution in [2.45, 2.75) is 39.8 Å². The van der Waals surface area contributed by atoms with E-state index in [1.165, 1.54) is 0 Å². The third-order valence-electron chi connectivity index (χ3n) is 3.24. The second kappa shape index (κ2) is 5.99. The van der Waals surface area contributed by atoms with Gasteiger partial charge in [-0.2, -0.15) is 0 Å². The van der Waals surface area contributed by atoms with Crippen molar-refractivity contribution in [2.75, 3.05) is 0 Å². The molecule has 1 aromatic carbocycles. The summed E-state index contributed by atoms with van der Waals surface area (Å²) in [5.74, 6) is -0.788. The second-order valence-electron chi connectivity index (χ2n) is 5.33. The number of hydrogen-bond donors (Lipinski definition) is 2. The van der Waals surface area contributed by atoms with Crippen LogP contribution in [0.4, 0.5) is 0 Å². The lowest BCUT2D eigenvalue weighted by atomic mass is 10.1. The zero-order chi connectivity index (χ0) is 15.6. The van der Waals surface area contributed by atoms with E-state index < -0.39 is 11.5 Å². The number of aromatic nitrogens is 1. The number of aryl methyl sites for hydroxylation is 1. The number of carbonyl (C=O) groups is 1. The predicted octanol–water partition coefficient (Wildman–Crippen LogP) is 2.26. The van der Waals surface area contributed by atoms with Gasteiger partial charge in [-0.05, 0) is 32.4 Å². The SMILES string of the molecule is CCCn1c(=O)c(C(=O)NC(C)C)c(O)c2ccccc21. The van der Waals surface area contributed by atoms with Gasteiger partial charge in [0.1, 0.15) is 11.3 Å². The molecule has 0 fully saturated rings. The Kier molecular flexibility index (Phi) is 4.31. The second-order valence-corrected chi connectivity index (χ2v) is 5.33. The number of nitrogens with zero attached hydrogens (tertiary/aromatic N) is 1. The van der Waals surface area contributed by atoms with E-state index in [1.54, 1.807) is 42.7 Å². The maximum Gasteiger partial charge on any atom is 0.267 e. The van der Waals surface area contributed by atoms with Crippen LogP contribution in [0.2, 0.25) is 0 Å². The average molecular weight is 288 g/mol. The fraction of sp³-hybridized carbons (Fsp3) is 0.375. The van der Waals surface area contributed by atoms with Crippen LogP contribution in [0.3, 0.4) is 0 Å². The molecule has 0 aliphatic carbocycles. The molecule has 1 aromatic heterocycles. The molecule has 0 aliphatic rings. The molecule has 5 nitrogen and oxygen atoms in total. The molecule has 0 bridgehead atoms. The van der Waals surface area contributed by atoms with E-state index in [0.29, 0.717) is 17.4 Å². The van der Waals surface area contributed by atoms with Gasteiger partial charge < -0.3 is 15.0 Å². The Morgan fingerprint density at radius 3 is 2.62 bits per heavy atom. The van der Waals surface area contributed by atoms with Crippen molar-refractivity contribution in [3.8, 4) is 5.75 Å². The third-order valence-corrected chi connectivity index (χ3v) is 3.24. The van der Waals surface area contributed by atoms with Crippen molar-refractivity contribution in [1.82, 2.24) is 9.88 Å². The third kappa shape index (κ3) is 2.77. The van der Waals surface area contributed by atoms with Gasteiger partial charge in [0.05, 0.1) is 5.52 Å². The molecule has 0 spiro atoms. The summed E-state index contributed by atoms with van der Waals surface area (Å²) in [6.45, 7) is 6.07. The van der Waals surface area contributed by atoms with Crippen molar-refractivity contribution < 1.29 is 9.90 Å². The molecule has 1 amide bonds. The summed E-state index contributed by atoms with van der Waals surface area (Å²) >= 11 is 0. The van der Waals surface area contributed by atoms with Crippen LogP contribution in [-0.2, 0) is 6.54 Å². The molecule has 21 heavy (non-hydrogen) atoms. The number of hydrogen-bond acceptors (Lipinski definition) is 3. The van der Waals surface area contributed by atoms with Crippen LogP contribution in [0.5, 0.6) is 5.75 Å². The summed E-state index contributed by atoms with van der Waals surface area (Å²) in [5, 5.41) is 13.5. The van der Waals surface area contributed by atoms with Crippen LogP contribution in [0.15, 0.2) is 29.1 Å². The zero-order valence-electron chi connectivity index (χ0n) is 12.5. The maximum absolute atomic E-state index is 12.6. The van der Waals surface area contributed by atoms with Gasteiger partial charge in [0.2, 0.25) is 0 Å². The first kappa shape index (κ1) is 15.1. The predicted molar refractivity (Wildman–Crippen MR) is 82.8 cm³/mol. The summed E-state index contributed by atoms with van der Waals surface area (Å²) in [4.78, 5) is 24.8. The van der Waals surface area contributed by atoms with E-state index in [2.05, 4.69) is 5.32 Å². The maximum atomic E-state index is 12.6. The molecule has 0 saturated heterocycles. The Labute approximate surface area is 123 Å². The first-order chi connectivity index (χ1) is 9.97. The highest BCUT2D eigenvalue weighted by atomic mass is 16.3. The minimum Gasteiger partial charge on any atom is -0.506 e. The van der Waals surface area contributed by atoms with Gasteiger partial charge in [-0.25, -0.2) is 0 Å². The Balaban J connectivity index is 2.76. The topological polar surface area (TPSA) is 71.3 Å². The van der Waals surface area contributed by atoms with Crippen LogP contribution in [0.25, 0.3) is 10.9 Å². The molecule has 112 valence electrons. The van der Waals surface area contributed by atoms with Gasteiger partial charge in [0.25, 0.3) is 11.5 Å². The molecule has 5 heteroatoms. The van der Waals surface area contributed by atoms with Gasteiger partial charge in [-0.1, -0.05) is 19.1 Å². The molecule has 2 rings (SSSR count). The first-order valence-electron chi connectivity index (χ1n) is 7.12. The summed E-state index contributed by atoms with van der Waals surface area (Å²) in [7, 11) is 0. The van der Waals surface area contributed by atoms with Crippen molar-refractivity contribution in [3.05, 3.63) is 40.2 Å². The number of benzene rings is 1. The molecule has 0 saturated carbocycles. The fourth-order valence-electron chi connectivity index (χ4n) is 2.37. The quantitative estimate of drug-likeness (QED) is 0.906. The molecule has 0 unspecified atom stereocenters. The lowest BCUT2D eigenvalue weighted by Gasteiger charge is -2.15. The van der Waals surface area contributed by atoms with Gasteiger partial charge in [-0.15, -0.1) is 0 Å². The first-order valence-corrected chi connectivity index (χ1v) is 7.12. The summed E-state index contributed by atoms with van der Waals surface area (Å²) in [6, 6.07) is 6.95. The van der Waals surface area contributed by atoms with E-state index >= 15 is 0 Å². The van der Waals surface area contributed by atoms with Crippen molar-refractivity contribution in [3.63, 3.8) is 0 Å². The van der Waals surface area contributed by atoms with Crippen LogP contribution >= 0.6 is 0 Å². The largest absolute Gasteiger partial charge is 0.506 e. The van der Waals surface area contributed by atoms with E-state index in [4.69, 9.17) is 0 Å². The van der Waals surface area contributed by atoms with Crippen LogP contribution in [0, 0.1) is 0 Å². The number of amides is 1. The Bertz CT molecular complexity index is 732. The molecule has 2 N–H and O–H groups in total. The highest BCUT2D eigenvalue weighted by Crippen LogP contribution is 2.26. The lowest BCUT2D eigenvalue weighted by molar-refractivity contribution is 0.0938. The van der Waals surface area contributed by atoms with Crippen molar-refractivity contribution in [2.24, 2.45) is 0 Å². The minimum absolute atomic E-state index is 0.109. The van der Waals surface area contributed by atoms with Crippen LogP contribution in [0.1, 0.15) is 37.6 Å². The average Bonchev–Trinajstić information content (AvgIpc) is 2.43. The van der Waals surface area contributed by atoms with Crippen molar-refractivity contribution >= 4 is 16.8 Å².